The molecule has 0 heterocycles. The fourth-order valence-electron chi connectivity index (χ4n) is 7.49. The number of hydrogen-bond donors (Lipinski definition) is 0. The molecular formula is C53H98O6. The monoisotopic (exact) mass is 831 g/mol. The smallest absolute Gasteiger partial charge is 0.306 e. The first-order chi connectivity index (χ1) is 29.0. The number of carbonyl (C=O) groups excluding carboxylic acids is 3. The zero-order chi connectivity index (χ0) is 43.0. The van der Waals surface area contributed by atoms with Crippen molar-refractivity contribution in [2.24, 2.45) is 0 Å². The Kier molecular flexibility index (Phi) is 46.8. The number of hydrogen-bond acceptors (Lipinski definition) is 6. The van der Waals surface area contributed by atoms with Crippen LogP contribution in [0.1, 0.15) is 278 Å². The molecule has 0 fully saturated rings. The third-order valence-corrected chi connectivity index (χ3v) is 11.4. The predicted molar refractivity (Wildman–Crippen MR) is 252 cm³/mol. The van der Waals surface area contributed by atoms with E-state index >= 15 is 0 Å². The molecule has 0 aromatic heterocycles. The van der Waals surface area contributed by atoms with Crippen molar-refractivity contribution in [3.8, 4) is 0 Å². The molecule has 1 atom stereocenters. The number of allylic oxidation sites excluding steroid dienone is 4. The third-order valence-electron chi connectivity index (χ3n) is 11.4. The molecule has 0 saturated carbocycles. The Morgan fingerprint density at radius 2 is 0.559 bits per heavy atom. The summed E-state index contributed by atoms with van der Waals surface area (Å²) >= 11 is 0. The zero-order valence-corrected chi connectivity index (χ0v) is 39.5. The molecule has 0 radical (unpaired) electrons. The Morgan fingerprint density at radius 1 is 0.322 bits per heavy atom. The van der Waals surface area contributed by atoms with Gasteiger partial charge in [0, 0.05) is 19.3 Å². The van der Waals surface area contributed by atoms with Gasteiger partial charge in [-0.25, -0.2) is 0 Å². The lowest BCUT2D eigenvalue weighted by atomic mass is 10.0. The standard InChI is InChI=1S/C53H98O6/c1-4-7-10-13-16-19-22-25-28-31-34-37-40-43-46-52(55)58-49-50(48-57-51(54)45-42-39-36-33-30-27-24-21-18-15-12-9-6-3)59-53(56)47-44-41-38-35-32-29-26-23-20-17-14-11-8-5-2/h22-23,25-26,50H,4-21,24,27-49H2,1-3H3/b25-22-,26-23-/t50-/m1/s1. The molecule has 0 aromatic rings. The summed E-state index contributed by atoms with van der Waals surface area (Å²) in [6.45, 7) is 6.63. The van der Waals surface area contributed by atoms with Crippen molar-refractivity contribution in [1.29, 1.82) is 0 Å². The van der Waals surface area contributed by atoms with Crippen molar-refractivity contribution in [3.05, 3.63) is 24.3 Å². The van der Waals surface area contributed by atoms with E-state index in [1.807, 2.05) is 0 Å². The first kappa shape index (κ1) is 56.9. The Labute approximate surface area is 366 Å². The maximum Gasteiger partial charge on any atom is 0.306 e. The number of unbranched alkanes of at least 4 members (excludes halogenated alkanes) is 32. The first-order valence-corrected chi connectivity index (χ1v) is 25.8. The van der Waals surface area contributed by atoms with Gasteiger partial charge in [-0.2, -0.15) is 0 Å². The highest BCUT2D eigenvalue weighted by atomic mass is 16.6. The van der Waals surface area contributed by atoms with Gasteiger partial charge >= 0.3 is 17.9 Å². The number of rotatable bonds is 47. The van der Waals surface area contributed by atoms with Gasteiger partial charge in [0.1, 0.15) is 13.2 Å². The highest BCUT2D eigenvalue weighted by molar-refractivity contribution is 5.71. The van der Waals surface area contributed by atoms with Crippen molar-refractivity contribution in [1.82, 2.24) is 0 Å². The molecule has 0 aromatic carbocycles. The van der Waals surface area contributed by atoms with Crippen molar-refractivity contribution in [3.63, 3.8) is 0 Å². The summed E-state index contributed by atoms with van der Waals surface area (Å²) in [5, 5.41) is 0. The van der Waals surface area contributed by atoms with E-state index in [1.54, 1.807) is 0 Å². The number of ether oxygens (including phenoxy) is 3. The molecule has 0 spiro atoms. The lowest BCUT2D eigenvalue weighted by molar-refractivity contribution is -0.167. The molecule has 0 saturated heterocycles. The summed E-state index contributed by atoms with van der Waals surface area (Å²) < 4.78 is 16.8. The minimum absolute atomic E-state index is 0.0736. The van der Waals surface area contributed by atoms with Crippen LogP contribution in [-0.4, -0.2) is 37.2 Å². The third kappa shape index (κ3) is 46.8. The first-order valence-electron chi connectivity index (χ1n) is 25.8. The van der Waals surface area contributed by atoms with Crippen LogP contribution < -0.4 is 0 Å². The molecule has 346 valence electrons. The van der Waals surface area contributed by atoms with Crippen LogP contribution in [-0.2, 0) is 28.6 Å². The molecule has 0 aliphatic heterocycles. The molecular weight excluding hydrogens is 733 g/mol. The Balaban J connectivity index is 4.37. The summed E-state index contributed by atoms with van der Waals surface area (Å²) in [5.74, 6) is -0.879. The maximum absolute atomic E-state index is 12.8. The normalized spacial score (nSPS) is 12.1. The second-order valence-electron chi connectivity index (χ2n) is 17.4. The van der Waals surface area contributed by atoms with Crippen molar-refractivity contribution < 1.29 is 28.6 Å². The molecule has 0 N–H and O–H groups in total. The van der Waals surface area contributed by atoms with Gasteiger partial charge in [0.2, 0.25) is 0 Å². The Bertz CT molecular complexity index is 958. The number of esters is 3. The Morgan fingerprint density at radius 3 is 0.847 bits per heavy atom. The highest BCUT2D eigenvalue weighted by Gasteiger charge is 2.19. The van der Waals surface area contributed by atoms with Crippen LogP contribution in [0.4, 0.5) is 0 Å². The van der Waals surface area contributed by atoms with Crippen LogP contribution >= 0.6 is 0 Å². The quantitative estimate of drug-likeness (QED) is 0.0263. The fraction of sp³-hybridized carbons (Fsp3) is 0.868. The molecule has 6 nitrogen and oxygen atoms in total. The molecule has 0 unspecified atom stereocenters. The summed E-state index contributed by atoms with van der Waals surface area (Å²) in [6.07, 6.45) is 54.4. The van der Waals surface area contributed by atoms with Gasteiger partial charge in [0.25, 0.3) is 0 Å². The van der Waals surface area contributed by atoms with Gasteiger partial charge in [-0.15, -0.1) is 0 Å². The van der Waals surface area contributed by atoms with Crippen molar-refractivity contribution >= 4 is 17.9 Å². The van der Waals surface area contributed by atoms with Gasteiger partial charge in [-0.05, 0) is 70.6 Å². The summed E-state index contributed by atoms with van der Waals surface area (Å²) in [5.41, 5.74) is 0. The van der Waals surface area contributed by atoms with Crippen LogP contribution in [0, 0.1) is 0 Å². The van der Waals surface area contributed by atoms with E-state index in [0.29, 0.717) is 19.3 Å². The van der Waals surface area contributed by atoms with Gasteiger partial charge in [-0.1, -0.05) is 212 Å². The SMILES string of the molecule is CCCCCCC/C=C\CCCCCCCC(=O)OC[C@@H](COC(=O)CCCCCCCCCCCCCCC)OC(=O)CCCCCCC/C=C\CCCCCCC. The maximum atomic E-state index is 12.8. The van der Waals surface area contributed by atoms with E-state index in [1.165, 1.54) is 167 Å². The topological polar surface area (TPSA) is 78.9 Å². The second-order valence-corrected chi connectivity index (χ2v) is 17.4. The molecule has 0 aliphatic rings. The van der Waals surface area contributed by atoms with E-state index in [2.05, 4.69) is 45.1 Å². The van der Waals surface area contributed by atoms with Gasteiger partial charge in [0.15, 0.2) is 6.10 Å². The average molecular weight is 831 g/mol. The van der Waals surface area contributed by atoms with Gasteiger partial charge < -0.3 is 14.2 Å². The molecule has 6 heteroatoms. The fourth-order valence-corrected chi connectivity index (χ4v) is 7.49. The Hall–Kier alpha value is -2.11. The van der Waals surface area contributed by atoms with Crippen molar-refractivity contribution in [2.45, 2.75) is 284 Å². The summed E-state index contributed by atoms with van der Waals surface area (Å²) in [4.78, 5) is 37.9. The number of carbonyl (C=O) groups is 3. The van der Waals surface area contributed by atoms with E-state index < -0.39 is 6.10 Å². The average Bonchev–Trinajstić information content (AvgIpc) is 3.23. The van der Waals surface area contributed by atoms with Crippen LogP contribution in [0.25, 0.3) is 0 Å². The molecule has 0 bridgehead atoms. The van der Waals surface area contributed by atoms with Gasteiger partial charge in [-0.3, -0.25) is 14.4 Å². The van der Waals surface area contributed by atoms with Crippen LogP contribution in [0.3, 0.4) is 0 Å². The van der Waals surface area contributed by atoms with Gasteiger partial charge in [0.05, 0.1) is 0 Å². The van der Waals surface area contributed by atoms with Crippen LogP contribution in [0.15, 0.2) is 24.3 Å². The summed E-state index contributed by atoms with van der Waals surface area (Å²) in [6, 6.07) is 0. The molecule has 59 heavy (non-hydrogen) atoms. The van der Waals surface area contributed by atoms with E-state index in [9.17, 15) is 14.4 Å². The zero-order valence-electron chi connectivity index (χ0n) is 39.5. The lowest BCUT2D eigenvalue weighted by Gasteiger charge is -2.18. The highest BCUT2D eigenvalue weighted by Crippen LogP contribution is 2.15. The van der Waals surface area contributed by atoms with E-state index in [0.717, 1.165) is 70.6 Å². The molecule has 0 rings (SSSR count). The predicted octanol–water partition coefficient (Wildman–Crippen LogP) is 16.8. The van der Waals surface area contributed by atoms with Crippen molar-refractivity contribution in [2.75, 3.05) is 13.2 Å². The summed E-state index contributed by atoms with van der Waals surface area (Å²) in [7, 11) is 0. The van der Waals surface area contributed by atoms with Crippen LogP contribution in [0.5, 0.6) is 0 Å². The van der Waals surface area contributed by atoms with E-state index in [-0.39, 0.29) is 31.1 Å². The lowest BCUT2D eigenvalue weighted by Crippen LogP contribution is -2.30. The second kappa shape index (κ2) is 48.6. The largest absolute Gasteiger partial charge is 0.462 e. The minimum Gasteiger partial charge on any atom is -0.462 e. The minimum atomic E-state index is -0.773. The van der Waals surface area contributed by atoms with Crippen LogP contribution in [0.2, 0.25) is 0 Å². The molecule has 0 aliphatic carbocycles. The molecule has 0 amide bonds. The van der Waals surface area contributed by atoms with E-state index in [4.69, 9.17) is 14.2 Å².